The van der Waals surface area contributed by atoms with Gasteiger partial charge in [0.15, 0.2) is 0 Å². The minimum Gasteiger partial charge on any atom is -0.465 e. The average molecular weight is 265 g/mol. The number of rotatable bonds is 3. The second-order valence-electron chi connectivity index (χ2n) is 5.51. The van der Waals surface area contributed by atoms with Crippen LogP contribution in [-0.2, 0) is 9.53 Å². The standard InChI is InChI=1S/C14H23N3O2/c1-5-19-13(18)14(15)7-6-12(8-14)17-11(4)9(2)10(3)16-17/h12H,5-8,15H2,1-4H3. The molecule has 1 fully saturated rings. The summed E-state index contributed by atoms with van der Waals surface area (Å²) in [6.07, 6.45) is 2.14. The Balaban J connectivity index is 2.18. The van der Waals surface area contributed by atoms with Gasteiger partial charge in [0.1, 0.15) is 5.54 Å². The zero-order chi connectivity index (χ0) is 14.2. The summed E-state index contributed by atoms with van der Waals surface area (Å²) in [6.45, 7) is 8.33. The lowest BCUT2D eigenvalue weighted by atomic mass is 9.99. The van der Waals surface area contributed by atoms with Crippen LogP contribution in [-0.4, -0.2) is 27.9 Å². The second kappa shape index (κ2) is 4.96. The van der Waals surface area contributed by atoms with Crippen molar-refractivity contribution in [2.45, 2.75) is 58.5 Å². The molecular formula is C14H23N3O2. The third-order valence-corrected chi connectivity index (χ3v) is 4.24. The van der Waals surface area contributed by atoms with Gasteiger partial charge in [-0.1, -0.05) is 0 Å². The molecule has 0 saturated heterocycles. The van der Waals surface area contributed by atoms with E-state index in [1.54, 1.807) is 6.92 Å². The zero-order valence-electron chi connectivity index (χ0n) is 12.2. The van der Waals surface area contributed by atoms with E-state index in [4.69, 9.17) is 10.5 Å². The molecule has 2 N–H and O–H groups in total. The van der Waals surface area contributed by atoms with Gasteiger partial charge in [-0.3, -0.25) is 9.48 Å². The molecule has 106 valence electrons. The fraction of sp³-hybridized carbons (Fsp3) is 0.714. The number of carbonyl (C=O) groups is 1. The minimum atomic E-state index is -0.846. The molecule has 0 spiro atoms. The molecule has 1 saturated carbocycles. The van der Waals surface area contributed by atoms with Crippen molar-refractivity contribution in [2.24, 2.45) is 5.73 Å². The Morgan fingerprint density at radius 1 is 1.53 bits per heavy atom. The van der Waals surface area contributed by atoms with Crippen molar-refractivity contribution in [3.05, 3.63) is 17.0 Å². The van der Waals surface area contributed by atoms with Gasteiger partial charge in [0.25, 0.3) is 0 Å². The van der Waals surface area contributed by atoms with Crippen molar-refractivity contribution in [3.63, 3.8) is 0 Å². The number of hydrogen-bond donors (Lipinski definition) is 1. The molecule has 1 aliphatic rings. The van der Waals surface area contributed by atoms with Crippen LogP contribution >= 0.6 is 0 Å². The van der Waals surface area contributed by atoms with E-state index in [9.17, 15) is 4.79 Å². The van der Waals surface area contributed by atoms with Gasteiger partial charge in [-0.05, 0) is 52.5 Å². The number of nitrogens with two attached hydrogens (primary N) is 1. The Kier molecular flexibility index (Phi) is 3.67. The molecule has 0 bridgehead atoms. The quantitative estimate of drug-likeness (QED) is 0.846. The van der Waals surface area contributed by atoms with Crippen molar-refractivity contribution in [1.29, 1.82) is 0 Å². The van der Waals surface area contributed by atoms with Crippen molar-refractivity contribution >= 4 is 5.97 Å². The van der Waals surface area contributed by atoms with E-state index in [-0.39, 0.29) is 12.0 Å². The van der Waals surface area contributed by atoms with Crippen molar-refractivity contribution < 1.29 is 9.53 Å². The van der Waals surface area contributed by atoms with Crippen LogP contribution in [0.4, 0.5) is 0 Å². The number of aryl methyl sites for hydroxylation is 1. The molecular weight excluding hydrogens is 242 g/mol. The van der Waals surface area contributed by atoms with Crippen molar-refractivity contribution in [3.8, 4) is 0 Å². The first-order chi connectivity index (χ1) is 8.89. The minimum absolute atomic E-state index is 0.196. The highest BCUT2D eigenvalue weighted by atomic mass is 16.5. The van der Waals surface area contributed by atoms with E-state index in [2.05, 4.69) is 18.9 Å². The molecule has 1 aliphatic carbocycles. The van der Waals surface area contributed by atoms with Gasteiger partial charge in [-0.25, -0.2) is 0 Å². The summed E-state index contributed by atoms with van der Waals surface area (Å²) in [6, 6.07) is 0.196. The molecule has 1 heterocycles. The van der Waals surface area contributed by atoms with Crippen molar-refractivity contribution in [1.82, 2.24) is 9.78 Å². The first kappa shape index (κ1) is 14.1. The molecule has 5 nitrogen and oxygen atoms in total. The number of carbonyl (C=O) groups excluding carboxylic acids is 1. The van der Waals surface area contributed by atoms with Crippen LogP contribution in [0.15, 0.2) is 0 Å². The van der Waals surface area contributed by atoms with E-state index in [1.807, 2.05) is 11.6 Å². The van der Waals surface area contributed by atoms with Crippen LogP contribution in [0.1, 0.15) is 49.2 Å². The van der Waals surface area contributed by atoms with Gasteiger partial charge < -0.3 is 10.5 Å². The van der Waals surface area contributed by atoms with Crippen LogP contribution in [0.2, 0.25) is 0 Å². The molecule has 0 radical (unpaired) electrons. The molecule has 0 amide bonds. The Labute approximate surface area is 114 Å². The lowest BCUT2D eigenvalue weighted by molar-refractivity contribution is -0.149. The Hall–Kier alpha value is -1.36. The number of ether oxygens (including phenoxy) is 1. The molecule has 1 aromatic heterocycles. The fourth-order valence-electron chi connectivity index (χ4n) is 2.82. The molecule has 2 unspecified atom stereocenters. The summed E-state index contributed by atoms with van der Waals surface area (Å²) < 4.78 is 7.10. The van der Waals surface area contributed by atoms with Crippen LogP contribution in [0.25, 0.3) is 0 Å². The number of nitrogens with zero attached hydrogens (tertiary/aromatic N) is 2. The van der Waals surface area contributed by atoms with Crippen LogP contribution < -0.4 is 5.73 Å². The van der Waals surface area contributed by atoms with Gasteiger partial charge in [0, 0.05) is 5.69 Å². The Morgan fingerprint density at radius 2 is 2.21 bits per heavy atom. The lowest BCUT2D eigenvalue weighted by Gasteiger charge is -2.22. The Morgan fingerprint density at radius 3 is 2.74 bits per heavy atom. The molecule has 2 rings (SSSR count). The van der Waals surface area contributed by atoms with Gasteiger partial charge in [-0.2, -0.15) is 5.10 Å². The highest BCUT2D eigenvalue weighted by molar-refractivity contribution is 5.81. The summed E-state index contributed by atoms with van der Waals surface area (Å²) in [4.78, 5) is 11.9. The SMILES string of the molecule is CCOC(=O)C1(N)CCC(n2nc(C)c(C)c2C)C1. The number of esters is 1. The first-order valence-corrected chi connectivity index (χ1v) is 6.87. The van der Waals surface area contributed by atoms with Gasteiger partial charge in [0.05, 0.1) is 18.3 Å². The Bertz CT molecular complexity index is 495. The maximum Gasteiger partial charge on any atom is 0.326 e. The third-order valence-electron chi connectivity index (χ3n) is 4.24. The van der Waals surface area contributed by atoms with Crippen LogP contribution in [0, 0.1) is 20.8 Å². The number of aromatic nitrogens is 2. The molecule has 2 atom stereocenters. The predicted molar refractivity (Wildman–Crippen MR) is 72.9 cm³/mol. The molecule has 5 heteroatoms. The monoisotopic (exact) mass is 265 g/mol. The smallest absolute Gasteiger partial charge is 0.326 e. The third kappa shape index (κ3) is 2.39. The maximum absolute atomic E-state index is 11.9. The fourth-order valence-corrected chi connectivity index (χ4v) is 2.82. The summed E-state index contributed by atoms with van der Waals surface area (Å²) in [5, 5.41) is 4.57. The zero-order valence-corrected chi connectivity index (χ0v) is 12.2. The lowest BCUT2D eigenvalue weighted by Crippen LogP contribution is -2.46. The molecule has 19 heavy (non-hydrogen) atoms. The average Bonchev–Trinajstić information content (AvgIpc) is 2.87. The topological polar surface area (TPSA) is 70.1 Å². The van der Waals surface area contributed by atoms with Crippen LogP contribution in [0.3, 0.4) is 0 Å². The summed E-state index contributed by atoms with van der Waals surface area (Å²) >= 11 is 0. The molecule has 0 aromatic carbocycles. The summed E-state index contributed by atoms with van der Waals surface area (Å²) in [5.74, 6) is -0.282. The van der Waals surface area contributed by atoms with E-state index < -0.39 is 5.54 Å². The van der Waals surface area contributed by atoms with E-state index in [1.165, 1.54) is 5.56 Å². The second-order valence-corrected chi connectivity index (χ2v) is 5.51. The highest BCUT2D eigenvalue weighted by Gasteiger charge is 2.44. The normalized spacial score (nSPS) is 26.7. The molecule has 1 aromatic rings. The van der Waals surface area contributed by atoms with Gasteiger partial charge in [-0.15, -0.1) is 0 Å². The van der Waals surface area contributed by atoms with E-state index in [0.717, 1.165) is 17.8 Å². The first-order valence-electron chi connectivity index (χ1n) is 6.87. The predicted octanol–water partition coefficient (Wildman–Crippen LogP) is 1.79. The van der Waals surface area contributed by atoms with E-state index in [0.29, 0.717) is 19.4 Å². The van der Waals surface area contributed by atoms with Gasteiger partial charge in [0.2, 0.25) is 0 Å². The largest absolute Gasteiger partial charge is 0.465 e. The highest BCUT2D eigenvalue weighted by Crippen LogP contribution is 2.37. The number of hydrogen-bond acceptors (Lipinski definition) is 4. The van der Waals surface area contributed by atoms with Gasteiger partial charge >= 0.3 is 5.97 Å². The summed E-state index contributed by atoms with van der Waals surface area (Å²) in [5.41, 5.74) is 8.77. The van der Waals surface area contributed by atoms with E-state index >= 15 is 0 Å². The van der Waals surface area contributed by atoms with Crippen LogP contribution in [0.5, 0.6) is 0 Å². The van der Waals surface area contributed by atoms with Crippen molar-refractivity contribution in [2.75, 3.05) is 6.61 Å². The molecule has 0 aliphatic heterocycles. The summed E-state index contributed by atoms with van der Waals surface area (Å²) in [7, 11) is 0. The maximum atomic E-state index is 11.9.